The summed E-state index contributed by atoms with van der Waals surface area (Å²) in [5.41, 5.74) is 0. The van der Waals surface area contributed by atoms with Crippen LogP contribution in [0.15, 0.2) is 0 Å². The van der Waals surface area contributed by atoms with E-state index in [4.69, 9.17) is 0 Å². The second-order valence-corrected chi connectivity index (χ2v) is 6.49. The van der Waals surface area contributed by atoms with Gasteiger partial charge in [0.1, 0.15) is 6.04 Å². The summed E-state index contributed by atoms with van der Waals surface area (Å²) < 4.78 is 0. The normalized spacial score (nSPS) is 28.9. The minimum absolute atomic E-state index is 0.223. The van der Waals surface area contributed by atoms with Crippen molar-refractivity contribution in [1.82, 2.24) is 9.80 Å². The molecule has 0 radical (unpaired) electrons. The summed E-state index contributed by atoms with van der Waals surface area (Å²) in [6, 6.07) is 0.896. The molecule has 2 saturated heterocycles. The Labute approximate surface area is 116 Å². The first-order valence-corrected chi connectivity index (χ1v) is 7.73. The van der Waals surface area contributed by atoms with Crippen molar-refractivity contribution >= 4 is 5.97 Å². The van der Waals surface area contributed by atoms with E-state index in [-0.39, 0.29) is 6.04 Å². The molecule has 2 fully saturated rings. The van der Waals surface area contributed by atoms with Crippen LogP contribution in [0.2, 0.25) is 0 Å². The minimum Gasteiger partial charge on any atom is -0.480 e. The van der Waals surface area contributed by atoms with Gasteiger partial charge in [-0.25, -0.2) is 0 Å². The van der Waals surface area contributed by atoms with Crippen molar-refractivity contribution in [1.29, 1.82) is 0 Å². The van der Waals surface area contributed by atoms with Crippen molar-refractivity contribution in [2.45, 2.75) is 64.6 Å². The van der Waals surface area contributed by atoms with Gasteiger partial charge in [-0.2, -0.15) is 0 Å². The van der Waals surface area contributed by atoms with Crippen molar-refractivity contribution in [2.24, 2.45) is 5.92 Å². The Balaban J connectivity index is 1.88. The third kappa shape index (κ3) is 3.29. The van der Waals surface area contributed by atoms with Crippen LogP contribution in [0.4, 0.5) is 0 Å². The number of carboxylic acid groups (broad SMARTS) is 1. The van der Waals surface area contributed by atoms with Gasteiger partial charge in [0, 0.05) is 12.1 Å². The van der Waals surface area contributed by atoms with E-state index < -0.39 is 5.97 Å². The van der Waals surface area contributed by atoms with Crippen LogP contribution in [-0.2, 0) is 4.79 Å². The maximum atomic E-state index is 11.3. The number of carboxylic acids is 1. The number of hydrogen-bond donors (Lipinski definition) is 1. The Hall–Kier alpha value is -0.610. The van der Waals surface area contributed by atoms with Gasteiger partial charge in [0.15, 0.2) is 0 Å². The molecule has 4 nitrogen and oxygen atoms in total. The molecule has 0 spiro atoms. The summed E-state index contributed by atoms with van der Waals surface area (Å²) >= 11 is 0. The standard InChI is InChI=1S/C15H28N2O2/c1-11(2)12(3)16-9-6-13(7-10-16)17-8-4-5-14(17)15(18)19/h11-14H,4-10H2,1-3H3,(H,18,19). The average molecular weight is 268 g/mol. The number of likely N-dealkylation sites (tertiary alicyclic amines) is 2. The molecule has 2 rings (SSSR count). The van der Waals surface area contributed by atoms with Crippen LogP contribution in [-0.4, -0.2) is 58.6 Å². The molecule has 0 bridgehead atoms. The fourth-order valence-electron chi connectivity index (χ4n) is 3.54. The lowest BCUT2D eigenvalue weighted by atomic mass is 9.97. The summed E-state index contributed by atoms with van der Waals surface area (Å²) in [7, 11) is 0. The Bertz CT molecular complexity index is 311. The molecule has 0 amide bonds. The van der Waals surface area contributed by atoms with Gasteiger partial charge in [0.25, 0.3) is 0 Å². The van der Waals surface area contributed by atoms with E-state index in [9.17, 15) is 9.90 Å². The predicted octanol–water partition coefficient (Wildman–Crippen LogP) is 2.04. The van der Waals surface area contributed by atoms with Gasteiger partial charge in [-0.15, -0.1) is 0 Å². The summed E-state index contributed by atoms with van der Waals surface area (Å²) in [6.45, 7) is 10.1. The minimum atomic E-state index is -0.629. The van der Waals surface area contributed by atoms with E-state index in [0.717, 1.165) is 45.3 Å². The number of piperidine rings is 1. The highest BCUT2D eigenvalue weighted by Crippen LogP contribution is 2.27. The summed E-state index contributed by atoms with van der Waals surface area (Å²) in [5.74, 6) is 0.0607. The molecule has 0 aromatic heterocycles. The maximum Gasteiger partial charge on any atom is 0.320 e. The molecule has 2 unspecified atom stereocenters. The van der Waals surface area contributed by atoms with Crippen LogP contribution in [0.5, 0.6) is 0 Å². The Morgan fingerprint density at radius 2 is 1.74 bits per heavy atom. The molecule has 0 aromatic carbocycles. The van der Waals surface area contributed by atoms with E-state index in [1.165, 1.54) is 0 Å². The highest BCUT2D eigenvalue weighted by Gasteiger charge is 2.37. The number of hydrogen-bond acceptors (Lipinski definition) is 3. The Morgan fingerprint density at radius 3 is 2.26 bits per heavy atom. The smallest absolute Gasteiger partial charge is 0.320 e. The Morgan fingerprint density at radius 1 is 1.11 bits per heavy atom. The SMILES string of the molecule is CC(C)C(C)N1CCC(N2CCCC2C(=O)O)CC1. The van der Waals surface area contributed by atoms with Gasteiger partial charge in [-0.1, -0.05) is 13.8 Å². The van der Waals surface area contributed by atoms with Crippen molar-refractivity contribution in [3.63, 3.8) is 0 Å². The zero-order chi connectivity index (χ0) is 14.0. The van der Waals surface area contributed by atoms with Crippen molar-refractivity contribution in [2.75, 3.05) is 19.6 Å². The fraction of sp³-hybridized carbons (Fsp3) is 0.933. The van der Waals surface area contributed by atoms with Gasteiger partial charge in [0.2, 0.25) is 0 Å². The second-order valence-electron chi connectivity index (χ2n) is 6.49. The molecular weight excluding hydrogens is 240 g/mol. The van der Waals surface area contributed by atoms with Crippen LogP contribution in [0.3, 0.4) is 0 Å². The molecule has 2 atom stereocenters. The molecule has 0 aromatic rings. The zero-order valence-corrected chi connectivity index (χ0v) is 12.5. The van der Waals surface area contributed by atoms with Crippen molar-refractivity contribution in [3.05, 3.63) is 0 Å². The molecular formula is C15H28N2O2. The summed E-state index contributed by atoms with van der Waals surface area (Å²) in [5, 5.41) is 9.28. The summed E-state index contributed by atoms with van der Waals surface area (Å²) in [4.78, 5) is 16.1. The molecule has 4 heteroatoms. The first kappa shape index (κ1) is 14.8. The largest absolute Gasteiger partial charge is 0.480 e. The van der Waals surface area contributed by atoms with Crippen molar-refractivity contribution < 1.29 is 9.90 Å². The van der Waals surface area contributed by atoms with Crippen molar-refractivity contribution in [3.8, 4) is 0 Å². The second kappa shape index (κ2) is 6.23. The van der Waals surface area contributed by atoms with Crippen LogP contribution in [0, 0.1) is 5.92 Å². The molecule has 110 valence electrons. The van der Waals surface area contributed by atoms with Crippen LogP contribution < -0.4 is 0 Å². The lowest BCUT2D eigenvalue weighted by Gasteiger charge is -2.41. The molecule has 2 aliphatic rings. The molecule has 1 N–H and O–H groups in total. The third-order valence-electron chi connectivity index (χ3n) is 5.09. The van der Waals surface area contributed by atoms with Gasteiger partial charge in [-0.05, 0) is 58.2 Å². The molecule has 2 heterocycles. The van der Waals surface area contributed by atoms with Crippen LogP contribution in [0.1, 0.15) is 46.5 Å². The Kier molecular flexibility index (Phi) is 4.85. The fourth-order valence-corrected chi connectivity index (χ4v) is 3.54. The third-order valence-corrected chi connectivity index (χ3v) is 5.09. The quantitative estimate of drug-likeness (QED) is 0.847. The monoisotopic (exact) mass is 268 g/mol. The zero-order valence-electron chi connectivity index (χ0n) is 12.5. The topological polar surface area (TPSA) is 43.8 Å². The number of nitrogens with zero attached hydrogens (tertiary/aromatic N) is 2. The van der Waals surface area contributed by atoms with E-state index >= 15 is 0 Å². The van der Waals surface area contributed by atoms with Crippen LogP contribution >= 0.6 is 0 Å². The highest BCUT2D eigenvalue weighted by atomic mass is 16.4. The molecule has 0 aliphatic carbocycles. The first-order chi connectivity index (χ1) is 9.00. The van der Waals surface area contributed by atoms with Gasteiger partial charge in [-0.3, -0.25) is 9.69 Å². The molecule has 19 heavy (non-hydrogen) atoms. The highest BCUT2D eigenvalue weighted by molar-refractivity contribution is 5.73. The number of carbonyl (C=O) groups is 1. The van der Waals surface area contributed by atoms with E-state index in [1.54, 1.807) is 0 Å². The van der Waals surface area contributed by atoms with E-state index in [2.05, 4.69) is 30.6 Å². The molecule has 2 aliphatic heterocycles. The number of aliphatic carboxylic acids is 1. The van der Waals surface area contributed by atoms with Crippen LogP contribution in [0.25, 0.3) is 0 Å². The van der Waals surface area contributed by atoms with Gasteiger partial charge >= 0.3 is 5.97 Å². The van der Waals surface area contributed by atoms with Gasteiger partial charge < -0.3 is 10.0 Å². The van der Waals surface area contributed by atoms with Gasteiger partial charge in [0.05, 0.1) is 0 Å². The lowest BCUT2D eigenvalue weighted by molar-refractivity contribution is -0.143. The maximum absolute atomic E-state index is 11.3. The van der Waals surface area contributed by atoms with E-state index in [0.29, 0.717) is 18.0 Å². The summed E-state index contributed by atoms with van der Waals surface area (Å²) in [6.07, 6.45) is 4.12. The number of rotatable bonds is 4. The van der Waals surface area contributed by atoms with E-state index in [1.807, 2.05) is 0 Å². The first-order valence-electron chi connectivity index (χ1n) is 7.73. The predicted molar refractivity (Wildman–Crippen MR) is 76.3 cm³/mol. The molecule has 0 saturated carbocycles. The average Bonchev–Trinajstić information content (AvgIpc) is 2.87. The lowest BCUT2D eigenvalue weighted by Crippen LogP contribution is -2.51.